The van der Waals surface area contributed by atoms with Crippen molar-refractivity contribution in [2.45, 2.75) is 64.3 Å². The van der Waals surface area contributed by atoms with Crippen molar-refractivity contribution in [1.29, 1.82) is 0 Å². The third kappa shape index (κ3) is 5.06. The largest absolute Gasteiger partial charge is 0.444 e. The molecule has 2 atom stereocenters. The molecule has 7 heteroatoms. The van der Waals surface area contributed by atoms with Crippen LogP contribution in [-0.2, 0) is 9.47 Å². The molecule has 0 saturated carbocycles. The number of carbonyl (C=O) groups is 2. The summed E-state index contributed by atoms with van der Waals surface area (Å²) < 4.78 is 10.8. The Kier molecular flexibility index (Phi) is 6.91. The molecule has 2 aliphatic rings. The highest BCUT2D eigenvalue weighted by atomic mass is 16.6. The van der Waals surface area contributed by atoms with Gasteiger partial charge in [-0.25, -0.2) is 9.59 Å². The van der Waals surface area contributed by atoms with Crippen molar-refractivity contribution in [3.63, 3.8) is 0 Å². The average molecular weight is 418 g/mol. The van der Waals surface area contributed by atoms with E-state index in [0.717, 1.165) is 18.4 Å². The highest BCUT2D eigenvalue weighted by Gasteiger charge is 2.44. The summed E-state index contributed by atoms with van der Waals surface area (Å²) >= 11 is 0. The van der Waals surface area contributed by atoms with E-state index in [4.69, 9.17) is 9.47 Å². The molecule has 2 saturated heterocycles. The number of ether oxygens (including phenoxy) is 2. The van der Waals surface area contributed by atoms with Gasteiger partial charge in [-0.05, 0) is 46.1 Å². The lowest BCUT2D eigenvalue weighted by Crippen LogP contribution is -2.50. The van der Waals surface area contributed by atoms with Crippen LogP contribution >= 0.6 is 0 Å². The minimum absolute atomic E-state index is 0.0103. The van der Waals surface area contributed by atoms with Crippen molar-refractivity contribution < 1.29 is 19.1 Å². The Bertz CT molecular complexity index is 726. The zero-order valence-corrected chi connectivity index (χ0v) is 18.8. The second kappa shape index (κ2) is 9.25. The quantitative estimate of drug-likeness (QED) is 0.729. The summed E-state index contributed by atoms with van der Waals surface area (Å²) in [5.74, 6) is 0. The highest BCUT2D eigenvalue weighted by molar-refractivity contribution is 5.78. The zero-order chi connectivity index (χ0) is 21.9. The van der Waals surface area contributed by atoms with Gasteiger partial charge in [0, 0.05) is 32.8 Å². The third-order valence-corrected chi connectivity index (χ3v) is 5.81. The first kappa shape index (κ1) is 22.4. The fourth-order valence-electron chi connectivity index (χ4n) is 4.34. The van der Waals surface area contributed by atoms with Gasteiger partial charge in [0.15, 0.2) is 0 Å². The summed E-state index contributed by atoms with van der Waals surface area (Å²) in [6.45, 7) is 10.0. The van der Waals surface area contributed by atoms with E-state index in [9.17, 15) is 9.59 Å². The number of rotatable bonds is 5. The van der Waals surface area contributed by atoms with E-state index in [1.54, 1.807) is 12.0 Å². The Hall–Kier alpha value is -2.28. The summed E-state index contributed by atoms with van der Waals surface area (Å²) in [6, 6.07) is 10.4. The standard InChI is InChI=1S/C23H35N3O4/c1-17(16-29-5)25-15-20(18-9-7-6-8-10-18)26(21(25)27)19-11-13-24(14-12-19)22(28)30-23(2,3)4/h6-10,17,19-20H,11-16H2,1-5H3/t17-,20?/m0/s1. The summed E-state index contributed by atoms with van der Waals surface area (Å²) in [7, 11) is 1.66. The van der Waals surface area contributed by atoms with Crippen molar-refractivity contribution in [3.05, 3.63) is 35.9 Å². The van der Waals surface area contributed by atoms with Crippen molar-refractivity contribution in [2.24, 2.45) is 0 Å². The molecule has 2 aliphatic heterocycles. The van der Waals surface area contributed by atoms with Crippen molar-refractivity contribution >= 4 is 12.1 Å². The van der Waals surface area contributed by atoms with Crippen LogP contribution in [0.3, 0.4) is 0 Å². The number of piperidine rings is 1. The number of benzene rings is 1. The molecule has 30 heavy (non-hydrogen) atoms. The lowest BCUT2D eigenvalue weighted by Gasteiger charge is -2.39. The predicted octanol–water partition coefficient (Wildman–Crippen LogP) is 3.90. The van der Waals surface area contributed by atoms with Crippen LogP contribution in [0.4, 0.5) is 9.59 Å². The average Bonchev–Trinajstić information content (AvgIpc) is 3.05. The Balaban J connectivity index is 1.73. The van der Waals surface area contributed by atoms with Gasteiger partial charge in [-0.3, -0.25) is 0 Å². The predicted molar refractivity (Wildman–Crippen MR) is 115 cm³/mol. The molecule has 1 aromatic carbocycles. The van der Waals surface area contributed by atoms with Gasteiger partial charge < -0.3 is 24.2 Å². The van der Waals surface area contributed by atoms with E-state index >= 15 is 0 Å². The normalized spacial score (nSPS) is 21.8. The molecular weight excluding hydrogens is 382 g/mol. The van der Waals surface area contributed by atoms with Crippen LogP contribution in [0.5, 0.6) is 0 Å². The monoisotopic (exact) mass is 417 g/mol. The molecule has 2 heterocycles. The SMILES string of the molecule is COC[C@H](C)N1CC(c2ccccc2)N(C2CCN(C(=O)OC(C)(C)C)CC2)C1=O. The molecule has 166 valence electrons. The van der Waals surface area contributed by atoms with Gasteiger partial charge in [0.2, 0.25) is 0 Å². The van der Waals surface area contributed by atoms with Crippen LogP contribution in [0.1, 0.15) is 52.1 Å². The van der Waals surface area contributed by atoms with E-state index in [2.05, 4.69) is 12.1 Å². The van der Waals surface area contributed by atoms with Gasteiger partial charge in [-0.2, -0.15) is 0 Å². The van der Waals surface area contributed by atoms with Gasteiger partial charge in [-0.1, -0.05) is 30.3 Å². The molecule has 2 fully saturated rings. The van der Waals surface area contributed by atoms with Crippen molar-refractivity contribution in [1.82, 2.24) is 14.7 Å². The molecule has 0 spiro atoms. The second-order valence-electron chi connectivity index (χ2n) is 9.27. The molecule has 1 unspecified atom stereocenters. The van der Waals surface area contributed by atoms with Crippen LogP contribution in [0.2, 0.25) is 0 Å². The Labute approximate surface area is 179 Å². The van der Waals surface area contributed by atoms with Crippen LogP contribution in [0.15, 0.2) is 30.3 Å². The number of methoxy groups -OCH3 is 1. The second-order valence-corrected chi connectivity index (χ2v) is 9.27. The lowest BCUT2D eigenvalue weighted by atomic mass is 9.99. The van der Waals surface area contributed by atoms with Gasteiger partial charge in [-0.15, -0.1) is 0 Å². The molecule has 0 bridgehead atoms. The van der Waals surface area contributed by atoms with E-state index in [0.29, 0.717) is 26.2 Å². The van der Waals surface area contributed by atoms with Crippen LogP contribution < -0.4 is 0 Å². The summed E-state index contributed by atoms with van der Waals surface area (Å²) in [6.07, 6.45) is 1.23. The Morgan fingerprint density at radius 2 is 1.80 bits per heavy atom. The molecule has 0 N–H and O–H groups in total. The van der Waals surface area contributed by atoms with E-state index < -0.39 is 5.60 Å². The number of carbonyl (C=O) groups excluding carboxylic acids is 2. The third-order valence-electron chi connectivity index (χ3n) is 5.81. The first-order valence-corrected chi connectivity index (χ1v) is 10.8. The molecule has 1 aromatic rings. The number of amides is 3. The topological polar surface area (TPSA) is 62.3 Å². The molecule has 0 aliphatic carbocycles. The molecule has 3 rings (SSSR count). The van der Waals surface area contributed by atoms with Gasteiger partial charge in [0.05, 0.1) is 18.7 Å². The Morgan fingerprint density at radius 1 is 1.17 bits per heavy atom. The fourth-order valence-corrected chi connectivity index (χ4v) is 4.34. The molecule has 3 amide bonds. The fraction of sp³-hybridized carbons (Fsp3) is 0.652. The molecule has 0 aromatic heterocycles. The van der Waals surface area contributed by atoms with Crippen molar-refractivity contribution in [3.8, 4) is 0 Å². The van der Waals surface area contributed by atoms with Crippen LogP contribution in [0.25, 0.3) is 0 Å². The van der Waals surface area contributed by atoms with E-state index in [-0.39, 0.29) is 30.2 Å². The number of hydrogen-bond acceptors (Lipinski definition) is 4. The number of hydrogen-bond donors (Lipinski definition) is 0. The number of nitrogens with zero attached hydrogens (tertiary/aromatic N) is 3. The van der Waals surface area contributed by atoms with Crippen molar-refractivity contribution in [2.75, 3.05) is 33.4 Å². The van der Waals surface area contributed by atoms with Crippen LogP contribution in [-0.4, -0.2) is 77.9 Å². The minimum Gasteiger partial charge on any atom is -0.444 e. The van der Waals surface area contributed by atoms with Crippen LogP contribution in [0, 0.1) is 0 Å². The summed E-state index contributed by atoms with van der Waals surface area (Å²) in [4.78, 5) is 31.5. The number of urea groups is 1. The lowest BCUT2D eigenvalue weighted by molar-refractivity contribution is 0.0157. The maximum absolute atomic E-state index is 13.4. The van der Waals surface area contributed by atoms with E-state index in [1.807, 2.05) is 55.7 Å². The number of likely N-dealkylation sites (tertiary alicyclic amines) is 1. The minimum atomic E-state index is -0.505. The van der Waals surface area contributed by atoms with Gasteiger partial charge in [0.1, 0.15) is 5.60 Å². The molecule has 0 radical (unpaired) electrons. The molecule has 7 nitrogen and oxygen atoms in total. The highest BCUT2D eigenvalue weighted by Crippen LogP contribution is 2.35. The first-order chi connectivity index (χ1) is 14.2. The maximum atomic E-state index is 13.4. The Morgan fingerprint density at radius 3 is 2.37 bits per heavy atom. The smallest absolute Gasteiger partial charge is 0.410 e. The first-order valence-electron chi connectivity index (χ1n) is 10.8. The molecular formula is C23H35N3O4. The van der Waals surface area contributed by atoms with Gasteiger partial charge in [0.25, 0.3) is 0 Å². The van der Waals surface area contributed by atoms with E-state index in [1.165, 1.54) is 0 Å². The summed E-state index contributed by atoms with van der Waals surface area (Å²) in [5, 5.41) is 0. The van der Waals surface area contributed by atoms with Gasteiger partial charge >= 0.3 is 12.1 Å². The summed E-state index contributed by atoms with van der Waals surface area (Å²) in [5.41, 5.74) is 0.641. The maximum Gasteiger partial charge on any atom is 0.410 e. The zero-order valence-electron chi connectivity index (χ0n) is 18.8.